The van der Waals surface area contributed by atoms with Gasteiger partial charge in [0.25, 0.3) is 0 Å². The summed E-state index contributed by atoms with van der Waals surface area (Å²) < 4.78 is 10.6. The molecule has 1 aromatic heterocycles. The number of rotatable bonds is 8. The first-order chi connectivity index (χ1) is 14.5. The fourth-order valence-electron chi connectivity index (χ4n) is 2.97. The largest absolute Gasteiger partial charge is 0.493 e. The van der Waals surface area contributed by atoms with E-state index in [0.717, 1.165) is 32.7 Å². The Morgan fingerprint density at radius 3 is 2.23 bits per heavy atom. The summed E-state index contributed by atoms with van der Waals surface area (Å²) in [5.74, 6) is 1.30. The maximum Gasteiger partial charge on any atom is 0.224 e. The fraction of sp³-hybridized carbons (Fsp3) is 0.261. The molecule has 0 saturated carbocycles. The zero-order chi connectivity index (χ0) is 21.5. The van der Waals surface area contributed by atoms with E-state index in [4.69, 9.17) is 9.47 Å². The summed E-state index contributed by atoms with van der Waals surface area (Å²) in [6.45, 7) is 3.92. The summed E-state index contributed by atoms with van der Waals surface area (Å²) in [6, 6.07) is 15.3. The first-order valence-electron chi connectivity index (χ1n) is 9.58. The molecule has 3 aromatic rings. The molecule has 0 bridgehead atoms. The van der Waals surface area contributed by atoms with Gasteiger partial charge in [0.1, 0.15) is 0 Å². The van der Waals surface area contributed by atoms with Crippen LogP contribution in [-0.4, -0.2) is 30.1 Å². The van der Waals surface area contributed by atoms with E-state index >= 15 is 0 Å². The Morgan fingerprint density at radius 2 is 1.60 bits per heavy atom. The summed E-state index contributed by atoms with van der Waals surface area (Å²) in [4.78, 5) is 22.2. The highest BCUT2D eigenvalue weighted by atomic mass is 32.2. The molecular formula is C23H25N3O3S. The van der Waals surface area contributed by atoms with E-state index in [-0.39, 0.29) is 5.91 Å². The Kier molecular flexibility index (Phi) is 7.30. The molecule has 0 aliphatic carbocycles. The second-order valence-electron chi connectivity index (χ2n) is 6.80. The molecule has 0 aliphatic rings. The number of ether oxygens (including phenoxy) is 2. The van der Waals surface area contributed by atoms with Gasteiger partial charge in [-0.3, -0.25) is 4.79 Å². The van der Waals surface area contributed by atoms with Crippen LogP contribution in [0.2, 0.25) is 0 Å². The van der Waals surface area contributed by atoms with Crippen molar-refractivity contribution in [3.05, 3.63) is 65.5 Å². The molecule has 0 saturated heterocycles. The minimum Gasteiger partial charge on any atom is -0.493 e. The number of hydrogen-bond acceptors (Lipinski definition) is 6. The zero-order valence-corrected chi connectivity index (χ0v) is 18.4. The summed E-state index contributed by atoms with van der Waals surface area (Å²) >= 11 is 1.50. The van der Waals surface area contributed by atoms with Gasteiger partial charge in [0.15, 0.2) is 16.7 Å². The number of carbonyl (C=O) groups excluding carboxylic acids is 1. The number of amides is 1. The summed E-state index contributed by atoms with van der Waals surface area (Å²) in [5.41, 5.74) is 3.67. The normalized spacial score (nSPS) is 10.5. The maximum absolute atomic E-state index is 12.3. The summed E-state index contributed by atoms with van der Waals surface area (Å²) in [5, 5.41) is 3.66. The average molecular weight is 424 g/mol. The van der Waals surface area contributed by atoms with Gasteiger partial charge >= 0.3 is 0 Å². The lowest BCUT2D eigenvalue weighted by Crippen LogP contribution is -2.12. The highest BCUT2D eigenvalue weighted by molar-refractivity contribution is 7.99. The van der Waals surface area contributed by atoms with E-state index in [1.54, 1.807) is 14.2 Å². The predicted octanol–water partition coefficient (Wildman–Crippen LogP) is 4.83. The van der Waals surface area contributed by atoms with Crippen LogP contribution in [0.4, 0.5) is 5.69 Å². The molecule has 30 heavy (non-hydrogen) atoms. The number of anilines is 1. The van der Waals surface area contributed by atoms with Crippen molar-refractivity contribution in [1.29, 1.82) is 0 Å². The molecule has 0 atom stereocenters. The van der Waals surface area contributed by atoms with Gasteiger partial charge in [0, 0.05) is 28.4 Å². The summed E-state index contributed by atoms with van der Waals surface area (Å²) in [7, 11) is 3.20. The molecule has 1 heterocycles. The van der Waals surface area contributed by atoms with Crippen molar-refractivity contribution in [1.82, 2.24) is 9.97 Å². The SMILES string of the molecule is COc1ccc(CCC(=O)Nc2ccc(Sc3nc(C)cc(C)n3)cc2)cc1OC. The Balaban J connectivity index is 1.54. The first kappa shape index (κ1) is 21.6. The molecule has 7 heteroatoms. The Morgan fingerprint density at radius 1 is 0.933 bits per heavy atom. The van der Waals surface area contributed by atoms with Gasteiger partial charge in [-0.25, -0.2) is 9.97 Å². The van der Waals surface area contributed by atoms with Gasteiger partial charge in [-0.2, -0.15) is 0 Å². The Labute approximate surface area is 181 Å². The molecule has 0 radical (unpaired) electrons. The molecule has 0 unspecified atom stereocenters. The van der Waals surface area contributed by atoms with Crippen LogP contribution < -0.4 is 14.8 Å². The monoisotopic (exact) mass is 423 g/mol. The molecule has 156 valence electrons. The number of benzene rings is 2. The van der Waals surface area contributed by atoms with Crippen LogP contribution in [0.15, 0.2) is 58.6 Å². The van der Waals surface area contributed by atoms with E-state index in [2.05, 4.69) is 15.3 Å². The number of aromatic nitrogens is 2. The van der Waals surface area contributed by atoms with Gasteiger partial charge in [-0.15, -0.1) is 0 Å². The smallest absolute Gasteiger partial charge is 0.224 e. The van der Waals surface area contributed by atoms with Crippen LogP contribution in [0.25, 0.3) is 0 Å². The van der Waals surface area contributed by atoms with Crippen molar-refractivity contribution >= 4 is 23.4 Å². The number of aryl methyl sites for hydroxylation is 3. The highest BCUT2D eigenvalue weighted by Gasteiger charge is 2.08. The molecular weight excluding hydrogens is 398 g/mol. The molecule has 1 N–H and O–H groups in total. The minimum absolute atomic E-state index is 0.0390. The second kappa shape index (κ2) is 10.1. The zero-order valence-electron chi connectivity index (χ0n) is 17.6. The van der Waals surface area contributed by atoms with Crippen LogP contribution in [0.1, 0.15) is 23.4 Å². The standard InChI is InChI=1S/C23H25N3O3S/c1-15-13-16(2)25-23(24-15)30-19-9-7-18(8-10-19)26-22(27)12-6-17-5-11-20(28-3)21(14-17)29-4/h5,7-11,13-14H,6,12H2,1-4H3,(H,26,27). The molecule has 1 amide bonds. The lowest BCUT2D eigenvalue weighted by atomic mass is 10.1. The minimum atomic E-state index is -0.0390. The van der Waals surface area contributed by atoms with Crippen molar-refractivity contribution in [2.24, 2.45) is 0 Å². The second-order valence-corrected chi connectivity index (χ2v) is 7.84. The topological polar surface area (TPSA) is 73.3 Å². The van der Waals surface area contributed by atoms with E-state index in [1.807, 2.05) is 62.4 Å². The van der Waals surface area contributed by atoms with Crippen LogP contribution >= 0.6 is 11.8 Å². The summed E-state index contributed by atoms with van der Waals surface area (Å²) in [6.07, 6.45) is 0.993. The van der Waals surface area contributed by atoms with Crippen molar-refractivity contribution in [2.45, 2.75) is 36.7 Å². The number of carbonyl (C=O) groups is 1. The van der Waals surface area contributed by atoms with Crippen LogP contribution in [0.3, 0.4) is 0 Å². The van der Waals surface area contributed by atoms with Crippen molar-refractivity contribution < 1.29 is 14.3 Å². The lowest BCUT2D eigenvalue weighted by molar-refractivity contribution is -0.116. The third-order valence-electron chi connectivity index (χ3n) is 4.40. The Hall–Kier alpha value is -3.06. The molecule has 6 nitrogen and oxygen atoms in total. The van der Waals surface area contributed by atoms with Crippen LogP contribution in [-0.2, 0) is 11.2 Å². The molecule has 0 fully saturated rings. The molecule has 3 rings (SSSR count). The van der Waals surface area contributed by atoms with Crippen molar-refractivity contribution in [3.8, 4) is 11.5 Å². The van der Waals surface area contributed by atoms with E-state index in [9.17, 15) is 4.79 Å². The average Bonchev–Trinajstić information content (AvgIpc) is 2.72. The number of methoxy groups -OCH3 is 2. The number of hydrogen-bond donors (Lipinski definition) is 1. The maximum atomic E-state index is 12.3. The van der Waals surface area contributed by atoms with E-state index in [1.165, 1.54) is 11.8 Å². The molecule has 2 aromatic carbocycles. The lowest BCUT2D eigenvalue weighted by Gasteiger charge is -2.10. The number of nitrogens with zero attached hydrogens (tertiary/aromatic N) is 2. The van der Waals surface area contributed by atoms with Crippen LogP contribution in [0, 0.1) is 13.8 Å². The van der Waals surface area contributed by atoms with Crippen LogP contribution in [0.5, 0.6) is 11.5 Å². The van der Waals surface area contributed by atoms with Gasteiger partial charge in [0.2, 0.25) is 5.91 Å². The van der Waals surface area contributed by atoms with Crippen molar-refractivity contribution in [2.75, 3.05) is 19.5 Å². The van der Waals surface area contributed by atoms with Gasteiger partial charge in [-0.05, 0) is 80.1 Å². The highest BCUT2D eigenvalue weighted by Crippen LogP contribution is 2.28. The van der Waals surface area contributed by atoms with Gasteiger partial charge < -0.3 is 14.8 Å². The Bertz CT molecular complexity index is 1000. The quantitative estimate of drug-likeness (QED) is 0.523. The predicted molar refractivity (Wildman–Crippen MR) is 119 cm³/mol. The van der Waals surface area contributed by atoms with Gasteiger partial charge in [0.05, 0.1) is 14.2 Å². The van der Waals surface area contributed by atoms with Gasteiger partial charge in [-0.1, -0.05) is 6.07 Å². The van der Waals surface area contributed by atoms with E-state index in [0.29, 0.717) is 24.3 Å². The molecule has 0 spiro atoms. The van der Waals surface area contributed by atoms with E-state index < -0.39 is 0 Å². The van der Waals surface area contributed by atoms with Crippen molar-refractivity contribution in [3.63, 3.8) is 0 Å². The fourth-order valence-corrected chi connectivity index (χ4v) is 3.83. The number of nitrogens with one attached hydrogen (secondary N) is 1. The first-order valence-corrected chi connectivity index (χ1v) is 10.4. The third-order valence-corrected chi connectivity index (χ3v) is 5.27. The third kappa shape index (κ3) is 5.97. The molecule has 0 aliphatic heterocycles.